The van der Waals surface area contributed by atoms with E-state index in [2.05, 4.69) is 2.84 Å². The maximum absolute atomic E-state index is 9.53. The monoisotopic (exact) mass is 392 g/mol. The second-order valence-electron chi connectivity index (χ2n) is 1.39. The van der Waals surface area contributed by atoms with Gasteiger partial charge >= 0.3 is 156 Å². The van der Waals surface area contributed by atoms with Gasteiger partial charge in [0.05, 0.1) is 7.82 Å². The first-order valence-electron chi connectivity index (χ1n) is 2.11. The Hall–Kier alpha value is 3.53. The first-order valence-corrected chi connectivity index (χ1v) is 7.87. The van der Waals surface area contributed by atoms with Gasteiger partial charge in [-0.1, -0.05) is 0 Å². The summed E-state index contributed by atoms with van der Waals surface area (Å²) in [5, 5.41) is 0. The molecule has 0 aliphatic carbocycles. The van der Waals surface area contributed by atoms with E-state index in [0.29, 0.717) is 0 Å². The zero-order chi connectivity index (χ0) is 12.2. The molecule has 0 aromatic carbocycles. The second kappa shape index (κ2) is 11.2. The third-order valence-corrected chi connectivity index (χ3v) is 2.92. The van der Waals surface area contributed by atoms with Crippen LogP contribution in [0.1, 0.15) is 0 Å². The molecule has 88 valence electrons. The van der Waals surface area contributed by atoms with Gasteiger partial charge in [0.2, 0.25) is 0 Å². The van der Waals surface area contributed by atoms with Crippen LogP contribution in [0.25, 0.3) is 0 Å². The molecular formula is H3Cr2K2O11P. The molecule has 0 aromatic rings. The molecule has 3 N–H and O–H groups in total. The fourth-order valence-electron chi connectivity index (χ4n) is 0.109. The summed E-state index contributed by atoms with van der Waals surface area (Å²) in [6.45, 7) is 0. The van der Waals surface area contributed by atoms with Crippen molar-refractivity contribution in [2.24, 2.45) is 0 Å². The van der Waals surface area contributed by atoms with Gasteiger partial charge in [-0.25, -0.2) is 0 Å². The normalized spacial score (nSPS) is 11.3. The van der Waals surface area contributed by atoms with Crippen LogP contribution in [0, 0.1) is 0 Å². The van der Waals surface area contributed by atoms with Crippen LogP contribution in [-0.4, -0.2) is 13.2 Å². The number of phosphoric acid groups is 1. The predicted octanol–water partition coefficient (Wildman–Crippen LogP) is -9.85. The molecule has 0 heterocycles. The summed E-state index contributed by atoms with van der Waals surface area (Å²) in [7, 11) is -5.14. The van der Waals surface area contributed by atoms with Crippen LogP contribution in [0.3, 0.4) is 0 Å². The van der Waals surface area contributed by atoms with E-state index in [1.807, 2.05) is 0 Å². The van der Waals surface area contributed by atoms with Crippen molar-refractivity contribution >= 4 is 7.82 Å². The first-order chi connectivity index (χ1) is 5.71. The molecule has 16 heavy (non-hydrogen) atoms. The van der Waals surface area contributed by atoms with Crippen molar-refractivity contribution in [3.05, 3.63) is 0 Å². The summed E-state index contributed by atoms with van der Waals surface area (Å²) in [5.41, 5.74) is 0. The molecule has 0 aromatic heterocycles. The molecule has 0 saturated carbocycles. The average molecular weight is 392 g/mol. The zero-order valence-electron chi connectivity index (χ0n) is 7.87. The summed E-state index contributed by atoms with van der Waals surface area (Å²) in [5.74, 6) is 0. The van der Waals surface area contributed by atoms with E-state index in [4.69, 9.17) is 27.6 Å². The van der Waals surface area contributed by atoms with Crippen LogP contribution in [-0.2, 0) is 49.8 Å². The topological polar surface area (TPSA) is 201 Å². The predicted molar refractivity (Wildman–Crippen MR) is 18.1 cm³/mol. The van der Waals surface area contributed by atoms with E-state index >= 15 is 0 Å². The zero-order valence-corrected chi connectivity index (χ0v) is 17.6. The van der Waals surface area contributed by atoms with Crippen molar-refractivity contribution in [3.63, 3.8) is 0 Å². The van der Waals surface area contributed by atoms with Gasteiger partial charge in [-0.15, -0.1) is 0 Å². The van der Waals surface area contributed by atoms with Gasteiger partial charge in [0, 0.05) is 0 Å². The maximum atomic E-state index is 9.53. The first kappa shape index (κ1) is 27.8. The Kier molecular flexibility index (Phi) is 19.5. The molecule has 0 radical (unpaired) electrons. The average Bonchev–Trinajstić information content (AvgIpc) is 1.42. The fraction of sp³-hybridized carbons (Fsp3) is 0. The van der Waals surface area contributed by atoms with Gasteiger partial charge in [0.15, 0.2) is 0 Å². The van der Waals surface area contributed by atoms with Crippen LogP contribution >= 0.6 is 7.82 Å². The standard InChI is InChI=1S/2Cr.2K.H3O4P.2H2O.5O/c;;;;1-5(2,3)4;;;;;;;/h;;;;(H3,1,2,3,4);2*1H2;;;;;/q4*+1;;;;;;;;/p-4. The van der Waals surface area contributed by atoms with Crippen molar-refractivity contribution in [1.29, 1.82) is 0 Å². The van der Waals surface area contributed by atoms with Gasteiger partial charge in [-0.3, -0.25) is 0 Å². The third-order valence-electron chi connectivity index (χ3n) is 0.172. The Morgan fingerprint density at radius 2 is 1.06 bits per heavy atom. The van der Waals surface area contributed by atoms with E-state index in [9.17, 15) is 15.2 Å². The SMILES string of the molecule is O=P([O-])([O-])O.[K+].[K+].[O]=[Cr](=[O])([OH])[O][Cr](=[O])(=[O])[OH]. The Bertz CT molecular complexity index is 359. The van der Waals surface area contributed by atoms with Crippen molar-refractivity contribution in [2.75, 3.05) is 0 Å². The summed E-state index contributed by atoms with van der Waals surface area (Å²) in [6, 6.07) is 0. The number of hydrogen-bond acceptors (Lipinski definition) is 8. The minimum absolute atomic E-state index is 0. The van der Waals surface area contributed by atoms with Crippen LogP contribution in [0.4, 0.5) is 0 Å². The second-order valence-corrected chi connectivity index (χ2v) is 6.09. The molecule has 16 heteroatoms. The van der Waals surface area contributed by atoms with E-state index in [1.165, 1.54) is 0 Å². The molecule has 0 fully saturated rings. The van der Waals surface area contributed by atoms with Gasteiger partial charge in [0.1, 0.15) is 0 Å². The summed E-state index contributed by atoms with van der Waals surface area (Å²) >= 11 is -11.5. The third kappa shape index (κ3) is 52.7. The van der Waals surface area contributed by atoms with Crippen LogP contribution in [0.15, 0.2) is 0 Å². The quantitative estimate of drug-likeness (QED) is 0.297. The van der Waals surface area contributed by atoms with Crippen molar-refractivity contribution in [1.82, 2.24) is 0 Å². The molecule has 0 saturated heterocycles. The fourth-order valence-corrected chi connectivity index (χ4v) is 1.85. The molecule has 0 bridgehead atoms. The number of hydrogen-bond donors (Lipinski definition) is 3. The Labute approximate surface area is 179 Å². The minimum atomic E-state index is -5.76. The molecule has 11 nitrogen and oxygen atoms in total. The summed E-state index contributed by atoms with van der Waals surface area (Å²) < 4.78 is 64.9. The molecule has 0 unspecified atom stereocenters. The molecule has 0 rings (SSSR count). The molecule has 0 aliphatic rings. The van der Waals surface area contributed by atoms with Crippen LogP contribution in [0.5, 0.6) is 0 Å². The molecular weight excluding hydrogens is 389 g/mol. The molecule has 0 atom stereocenters. The Morgan fingerprint density at radius 3 is 1.06 bits per heavy atom. The van der Waals surface area contributed by atoms with Gasteiger partial charge < -0.3 is 19.2 Å². The van der Waals surface area contributed by atoms with E-state index in [0.717, 1.165) is 0 Å². The van der Waals surface area contributed by atoms with Crippen molar-refractivity contribution < 1.29 is 176 Å². The summed E-state index contributed by atoms with van der Waals surface area (Å²) in [4.78, 5) is 24.3. The van der Waals surface area contributed by atoms with Crippen LogP contribution in [0.2, 0.25) is 0 Å². The van der Waals surface area contributed by atoms with Gasteiger partial charge in [-0.05, 0) is 0 Å². The molecule has 0 aliphatic heterocycles. The van der Waals surface area contributed by atoms with Gasteiger partial charge in [0.25, 0.3) is 0 Å². The van der Waals surface area contributed by atoms with E-state index in [-0.39, 0.29) is 103 Å². The Balaban J connectivity index is -0.0000000904. The van der Waals surface area contributed by atoms with Gasteiger partial charge in [-0.2, -0.15) is 0 Å². The van der Waals surface area contributed by atoms with Crippen molar-refractivity contribution in [2.45, 2.75) is 0 Å². The van der Waals surface area contributed by atoms with Crippen molar-refractivity contribution in [3.8, 4) is 0 Å². The number of rotatable bonds is 2. The van der Waals surface area contributed by atoms with Crippen LogP contribution < -0.4 is 113 Å². The van der Waals surface area contributed by atoms with E-state index < -0.39 is 35.1 Å². The van der Waals surface area contributed by atoms with E-state index in [1.54, 1.807) is 0 Å². The Morgan fingerprint density at radius 1 is 0.938 bits per heavy atom. The molecule has 0 spiro atoms. The summed E-state index contributed by atoms with van der Waals surface area (Å²) in [6.07, 6.45) is 0. The molecule has 0 amide bonds.